The molecule has 0 amide bonds. The molecule has 0 aromatic carbocycles. The summed E-state index contributed by atoms with van der Waals surface area (Å²) in [6, 6.07) is 2.40. The van der Waals surface area contributed by atoms with E-state index in [4.69, 9.17) is 21.4 Å². The lowest BCUT2D eigenvalue weighted by atomic mass is 10.0. The predicted molar refractivity (Wildman–Crippen MR) is 86.2 cm³/mol. The Kier molecular flexibility index (Phi) is 3.91. The van der Waals surface area contributed by atoms with Gasteiger partial charge >= 0.3 is 5.97 Å². The molecule has 23 heavy (non-hydrogen) atoms. The maximum Gasteiger partial charge on any atom is 0.337 e. The number of carboxylic acid groups (broad SMARTS) is 1. The van der Waals surface area contributed by atoms with E-state index in [1.807, 2.05) is 0 Å². The van der Waals surface area contributed by atoms with Crippen molar-refractivity contribution < 1.29 is 14.6 Å². The number of fused-ring (bicyclic) bond motifs is 1. The SMILES string of the molecule is O=C(O)c1cnc(N2CCN3[C@@H](COC[C@@H]3C3CC3)C2)c(Cl)c1. The van der Waals surface area contributed by atoms with Crippen molar-refractivity contribution in [2.24, 2.45) is 5.92 Å². The molecular formula is C16H20ClN3O3. The zero-order chi connectivity index (χ0) is 16.0. The number of nitrogens with zero attached hydrogens (tertiary/aromatic N) is 3. The Morgan fingerprint density at radius 2 is 2.17 bits per heavy atom. The van der Waals surface area contributed by atoms with Gasteiger partial charge in [0.1, 0.15) is 5.82 Å². The first kappa shape index (κ1) is 15.2. The Labute approximate surface area is 140 Å². The van der Waals surface area contributed by atoms with Crippen molar-refractivity contribution in [3.63, 3.8) is 0 Å². The van der Waals surface area contributed by atoms with Crippen LogP contribution in [-0.2, 0) is 4.74 Å². The van der Waals surface area contributed by atoms with E-state index in [0.717, 1.165) is 38.8 Å². The van der Waals surface area contributed by atoms with Crippen LogP contribution in [0.4, 0.5) is 5.82 Å². The zero-order valence-electron chi connectivity index (χ0n) is 12.8. The molecule has 1 aromatic rings. The number of aromatic nitrogens is 1. The number of anilines is 1. The summed E-state index contributed by atoms with van der Waals surface area (Å²) >= 11 is 6.26. The molecule has 1 saturated carbocycles. The van der Waals surface area contributed by atoms with Crippen LogP contribution in [0.5, 0.6) is 0 Å². The van der Waals surface area contributed by atoms with Crippen molar-refractivity contribution in [3.8, 4) is 0 Å². The molecule has 0 bridgehead atoms. The van der Waals surface area contributed by atoms with Gasteiger partial charge in [0.2, 0.25) is 0 Å². The lowest BCUT2D eigenvalue weighted by Crippen LogP contribution is -2.62. The van der Waals surface area contributed by atoms with Crippen LogP contribution in [-0.4, -0.2) is 65.9 Å². The number of ether oxygens (including phenoxy) is 1. The third-order valence-corrected chi connectivity index (χ3v) is 5.37. The fourth-order valence-electron chi connectivity index (χ4n) is 3.74. The Morgan fingerprint density at radius 1 is 1.35 bits per heavy atom. The number of piperazine rings is 1. The van der Waals surface area contributed by atoms with Gasteiger partial charge in [0, 0.05) is 31.9 Å². The zero-order valence-corrected chi connectivity index (χ0v) is 13.6. The minimum atomic E-state index is -1.01. The van der Waals surface area contributed by atoms with Gasteiger partial charge < -0.3 is 14.7 Å². The summed E-state index contributed by atoms with van der Waals surface area (Å²) < 4.78 is 5.82. The van der Waals surface area contributed by atoms with Gasteiger partial charge in [0.05, 0.1) is 29.8 Å². The molecule has 3 aliphatic rings. The van der Waals surface area contributed by atoms with Crippen molar-refractivity contribution in [1.29, 1.82) is 0 Å². The van der Waals surface area contributed by atoms with Gasteiger partial charge in [-0.3, -0.25) is 4.90 Å². The molecule has 2 atom stereocenters. The molecule has 4 rings (SSSR count). The number of hydrogen-bond acceptors (Lipinski definition) is 5. The monoisotopic (exact) mass is 337 g/mol. The largest absolute Gasteiger partial charge is 0.478 e. The van der Waals surface area contributed by atoms with Crippen LogP contribution < -0.4 is 4.90 Å². The minimum Gasteiger partial charge on any atom is -0.478 e. The van der Waals surface area contributed by atoms with Crippen LogP contribution >= 0.6 is 11.6 Å². The highest BCUT2D eigenvalue weighted by molar-refractivity contribution is 6.33. The number of pyridine rings is 1. The average Bonchev–Trinajstić information content (AvgIpc) is 3.38. The summed E-state index contributed by atoms with van der Waals surface area (Å²) in [7, 11) is 0. The predicted octanol–water partition coefficient (Wildman–Crippen LogP) is 1.73. The van der Waals surface area contributed by atoms with Crippen molar-refractivity contribution in [1.82, 2.24) is 9.88 Å². The molecule has 3 fully saturated rings. The van der Waals surface area contributed by atoms with E-state index in [0.29, 0.717) is 22.9 Å². The molecule has 0 unspecified atom stereocenters. The minimum absolute atomic E-state index is 0.118. The van der Waals surface area contributed by atoms with Gasteiger partial charge in [-0.15, -0.1) is 0 Å². The van der Waals surface area contributed by atoms with Crippen LogP contribution in [0.25, 0.3) is 0 Å². The lowest BCUT2D eigenvalue weighted by Gasteiger charge is -2.48. The van der Waals surface area contributed by atoms with Crippen LogP contribution in [0.15, 0.2) is 12.3 Å². The summed E-state index contributed by atoms with van der Waals surface area (Å²) in [6.45, 7) is 4.26. The lowest BCUT2D eigenvalue weighted by molar-refractivity contribution is -0.0603. The third-order valence-electron chi connectivity index (χ3n) is 5.09. The van der Waals surface area contributed by atoms with Crippen LogP contribution in [0.2, 0.25) is 5.02 Å². The van der Waals surface area contributed by atoms with E-state index in [-0.39, 0.29) is 5.56 Å². The highest BCUT2D eigenvalue weighted by Crippen LogP contribution is 2.39. The molecule has 2 saturated heterocycles. The third kappa shape index (κ3) is 2.91. The number of morpholine rings is 1. The maximum atomic E-state index is 11.0. The summed E-state index contributed by atoms with van der Waals surface area (Å²) in [6.07, 6.45) is 4.02. The van der Waals surface area contributed by atoms with E-state index in [1.165, 1.54) is 25.1 Å². The van der Waals surface area contributed by atoms with Gasteiger partial charge in [-0.05, 0) is 24.8 Å². The molecule has 1 aliphatic carbocycles. The van der Waals surface area contributed by atoms with Crippen molar-refractivity contribution in [2.75, 3.05) is 37.7 Å². The molecule has 3 heterocycles. The Balaban J connectivity index is 1.50. The second-order valence-electron chi connectivity index (χ2n) is 6.61. The summed E-state index contributed by atoms with van der Waals surface area (Å²) in [5, 5.41) is 9.41. The average molecular weight is 338 g/mol. The molecule has 6 nitrogen and oxygen atoms in total. The fourth-order valence-corrected chi connectivity index (χ4v) is 4.02. The second-order valence-corrected chi connectivity index (χ2v) is 7.02. The molecule has 1 N–H and O–H groups in total. The molecule has 1 aromatic heterocycles. The summed E-state index contributed by atoms with van der Waals surface area (Å²) in [4.78, 5) is 20.0. The number of carboxylic acids is 1. The molecular weight excluding hydrogens is 318 g/mol. The van der Waals surface area contributed by atoms with Crippen molar-refractivity contribution in [2.45, 2.75) is 24.9 Å². The Hall–Kier alpha value is -1.37. The normalized spacial score (nSPS) is 28.5. The molecule has 124 valence electrons. The number of rotatable bonds is 3. The van der Waals surface area contributed by atoms with Gasteiger partial charge in [-0.1, -0.05) is 11.6 Å². The summed E-state index contributed by atoms with van der Waals surface area (Å²) in [5.74, 6) is 0.467. The van der Waals surface area contributed by atoms with Gasteiger partial charge in [-0.25, -0.2) is 9.78 Å². The quantitative estimate of drug-likeness (QED) is 0.906. The number of carbonyl (C=O) groups is 1. The first-order valence-electron chi connectivity index (χ1n) is 8.11. The van der Waals surface area contributed by atoms with E-state index in [1.54, 1.807) is 0 Å². The van der Waals surface area contributed by atoms with Crippen molar-refractivity contribution in [3.05, 3.63) is 22.8 Å². The highest BCUT2D eigenvalue weighted by atomic mass is 35.5. The van der Waals surface area contributed by atoms with Gasteiger partial charge in [0.15, 0.2) is 0 Å². The highest BCUT2D eigenvalue weighted by Gasteiger charge is 2.43. The summed E-state index contributed by atoms with van der Waals surface area (Å²) in [5.41, 5.74) is 0.118. The number of hydrogen-bond donors (Lipinski definition) is 1. The fraction of sp³-hybridized carbons (Fsp3) is 0.625. The molecule has 0 spiro atoms. The first-order valence-corrected chi connectivity index (χ1v) is 8.48. The maximum absolute atomic E-state index is 11.0. The second kappa shape index (κ2) is 5.92. The van der Waals surface area contributed by atoms with E-state index in [2.05, 4.69) is 14.8 Å². The number of aromatic carboxylic acids is 1. The van der Waals surface area contributed by atoms with Crippen LogP contribution in [0.3, 0.4) is 0 Å². The molecule has 2 aliphatic heterocycles. The molecule has 7 heteroatoms. The van der Waals surface area contributed by atoms with E-state index >= 15 is 0 Å². The Bertz CT molecular complexity index is 623. The molecule has 0 radical (unpaired) electrons. The Morgan fingerprint density at radius 3 is 2.87 bits per heavy atom. The van der Waals surface area contributed by atoms with Gasteiger partial charge in [-0.2, -0.15) is 0 Å². The van der Waals surface area contributed by atoms with Gasteiger partial charge in [0.25, 0.3) is 0 Å². The number of halogens is 1. The van der Waals surface area contributed by atoms with E-state index in [9.17, 15) is 4.79 Å². The van der Waals surface area contributed by atoms with Crippen LogP contribution in [0, 0.1) is 5.92 Å². The van der Waals surface area contributed by atoms with Crippen molar-refractivity contribution >= 4 is 23.4 Å². The topological polar surface area (TPSA) is 65.9 Å². The standard InChI is InChI=1S/C16H20ClN3O3/c17-13-5-11(16(21)22)6-18-15(13)19-3-4-20-12(7-19)8-23-9-14(20)10-1-2-10/h5-6,10,12,14H,1-4,7-9H2,(H,21,22)/t12-,14-/m1/s1. The smallest absolute Gasteiger partial charge is 0.337 e. The van der Waals surface area contributed by atoms with Crippen LogP contribution in [0.1, 0.15) is 23.2 Å². The first-order chi connectivity index (χ1) is 11.1. The van der Waals surface area contributed by atoms with E-state index < -0.39 is 5.97 Å².